The lowest BCUT2D eigenvalue weighted by Gasteiger charge is -2.06. The fourth-order valence-electron chi connectivity index (χ4n) is 1.03. The summed E-state index contributed by atoms with van der Waals surface area (Å²) >= 11 is 1.66. The maximum atomic E-state index is 9.23. The lowest BCUT2D eigenvalue weighted by molar-refractivity contribution is 0.474. The van der Waals surface area contributed by atoms with Crippen molar-refractivity contribution in [2.45, 2.75) is 25.7 Å². The van der Waals surface area contributed by atoms with Crippen molar-refractivity contribution in [1.29, 1.82) is 0 Å². The number of hydrogen-bond donors (Lipinski definition) is 1. The highest BCUT2D eigenvalue weighted by molar-refractivity contribution is 7.98. The summed E-state index contributed by atoms with van der Waals surface area (Å²) in [6.45, 7) is 9.79. The Balaban J connectivity index is 0.000000791. The molecule has 0 heterocycles. The van der Waals surface area contributed by atoms with Crippen LogP contribution in [0, 0.1) is 0 Å². The van der Waals surface area contributed by atoms with Gasteiger partial charge in [-0.2, -0.15) is 0 Å². The molecule has 1 N–H and O–H groups in total. The average Bonchev–Trinajstić information content (AvgIpc) is 2.20. The van der Waals surface area contributed by atoms with Crippen molar-refractivity contribution >= 4 is 17.3 Å². The SMILES string of the molecule is C=C(C)c1cc(O)ccc1SC.CC. The van der Waals surface area contributed by atoms with Gasteiger partial charge in [0.25, 0.3) is 0 Å². The van der Waals surface area contributed by atoms with Crippen molar-refractivity contribution < 1.29 is 5.11 Å². The average molecular weight is 210 g/mol. The Morgan fingerprint density at radius 1 is 1.36 bits per heavy atom. The van der Waals surface area contributed by atoms with Gasteiger partial charge >= 0.3 is 0 Å². The third-order valence-corrected chi connectivity index (χ3v) is 2.44. The van der Waals surface area contributed by atoms with Crippen LogP contribution in [0.5, 0.6) is 5.75 Å². The van der Waals surface area contributed by atoms with E-state index < -0.39 is 0 Å². The molecule has 0 saturated heterocycles. The van der Waals surface area contributed by atoms with E-state index in [1.165, 1.54) is 0 Å². The minimum Gasteiger partial charge on any atom is -0.508 e. The molecule has 1 aromatic carbocycles. The second-order valence-corrected chi connectivity index (χ2v) is 3.51. The number of benzene rings is 1. The molecule has 0 saturated carbocycles. The van der Waals surface area contributed by atoms with Crippen molar-refractivity contribution in [3.8, 4) is 5.75 Å². The molecular formula is C12H18OS. The third kappa shape index (κ3) is 3.46. The van der Waals surface area contributed by atoms with Crippen LogP contribution in [0.15, 0.2) is 29.7 Å². The quantitative estimate of drug-likeness (QED) is 0.739. The fraction of sp³-hybridized carbons (Fsp3) is 0.333. The highest BCUT2D eigenvalue weighted by Crippen LogP contribution is 2.28. The topological polar surface area (TPSA) is 20.2 Å². The Kier molecular flexibility index (Phi) is 6.13. The largest absolute Gasteiger partial charge is 0.508 e. The molecule has 78 valence electrons. The van der Waals surface area contributed by atoms with Crippen molar-refractivity contribution in [2.75, 3.05) is 6.26 Å². The van der Waals surface area contributed by atoms with E-state index in [2.05, 4.69) is 6.58 Å². The number of allylic oxidation sites excluding steroid dienone is 1. The van der Waals surface area contributed by atoms with Gasteiger partial charge in [0.2, 0.25) is 0 Å². The van der Waals surface area contributed by atoms with Gasteiger partial charge in [0, 0.05) is 4.90 Å². The Hall–Kier alpha value is -0.890. The summed E-state index contributed by atoms with van der Waals surface area (Å²) < 4.78 is 0. The number of hydrogen-bond acceptors (Lipinski definition) is 2. The minimum absolute atomic E-state index is 0.297. The zero-order valence-corrected chi connectivity index (χ0v) is 10.1. The van der Waals surface area contributed by atoms with E-state index in [0.717, 1.165) is 16.0 Å². The van der Waals surface area contributed by atoms with Crippen molar-refractivity contribution in [1.82, 2.24) is 0 Å². The highest BCUT2D eigenvalue weighted by Gasteiger charge is 2.02. The van der Waals surface area contributed by atoms with Crippen LogP contribution < -0.4 is 0 Å². The van der Waals surface area contributed by atoms with Crippen LogP contribution in [0.2, 0.25) is 0 Å². The molecule has 0 radical (unpaired) electrons. The van der Waals surface area contributed by atoms with Gasteiger partial charge in [0.1, 0.15) is 5.75 Å². The molecule has 0 aromatic heterocycles. The van der Waals surface area contributed by atoms with Gasteiger partial charge in [-0.1, -0.05) is 20.4 Å². The minimum atomic E-state index is 0.297. The lowest BCUT2D eigenvalue weighted by atomic mass is 10.1. The Morgan fingerprint density at radius 3 is 2.36 bits per heavy atom. The molecule has 0 unspecified atom stereocenters. The normalized spacial score (nSPS) is 8.86. The number of rotatable bonds is 2. The van der Waals surface area contributed by atoms with Gasteiger partial charge in [-0.05, 0) is 42.5 Å². The van der Waals surface area contributed by atoms with Crippen LogP contribution in [0.1, 0.15) is 26.3 Å². The van der Waals surface area contributed by atoms with Crippen LogP contribution in [0.25, 0.3) is 5.57 Å². The monoisotopic (exact) mass is 210 g/mol. The maximum Gasteiger partial charge on any atom is 0.116 e. The Morgan fingerprint density at radius 2 is 1.93 bits per heavy atom. The number of thioether (sulfide) groups is 1. The Labute approximate surface area is 90.9 Å². The van der Waals surface area contributed by atoms with E-state index in [0.29, 0.717) is 5.75 Å². The Bertz CT molecular complexity index is 305. The second-order valence-electron chi connectivity index (χ2n) is 2.66. The van der Waals surface area contributed by atoms with Crippen LogP contribution in [0.4, 0.5) is 0 Å². The van der Waals surface area contributed by atoms with Crippen molar-refractivity contribution in [3.05, 3.63) is 30.3 Å². The standard InChI is InChI=1S/C10H12OS.C2H6/c1-7(2)9-6-8(11)4-5-10(9)12-3;1-2/h4-6,11H,1H2,2-3H3;1-2H3. The number of phenolic OH excluding ortho intramolecular Hbond substituents is 1. The number of phenols is 1. The molecular weight excluding hydrogens is 192 g/mol. The van der Waals surface area contributed by atoms with Gasteiger partial charge in [0.15, 0.2) is 0 Å². The summed E-state index contributed by atoms with van der Waals surface area (Å²) in [6, 6.07) is 5.34. The van der Waals surface area contributed by atoms with E-state index in [4.69, 9.17) is 0 Å². The van der Waals surface area contributed by atoms with Crippen LogP contribution >= 0.6 is 11.8 Å². The van der Waals surface area contributed by atoms with E-state index in [9.17, 15) is 5.11 Å². The summed E-state index contributed by atoms with van der Waals surface area (Å²) in [5, 5.41) is 9.23. The van der Waals surface area contributed by atoms with Gasteiger partial charge < -0.3 is 5.11 Å². The van der Waals surface area contributed by atoms with E-state index in [-0.39, 0.29) is 0 Å². The predicted octanol–water partition coefficient (Wildman–Crippen LogP) is 4.17. The first-order valence-electron chi connectivity index (χ1n) is 4.68. The molecule has 1 nitrogen and oxygen atoms in total. The van der Waals surface area contributed by atoms with E-state index in [1.54, 1.807) is 23.9 Å². The number of aromatic hydroxyl groups is 1. The van der Waals surface area contributed by atoms with Crippen LogP contribution in [0.3, 0.4) is 0 Å². The second kappa shape index (κ2) is 6.55. The molecule has 0 fully saturated rings. The molecule has 14 heavy (non-hydrogen) atoms. The fourth-order valence-corrected chi connectivity index (χ4v) is 1.69. The van der Waals surface area contributed by atoms with Gasteiger partial charge in [-0.3, -0.25) is 0 Å². The molecule has 0 spiro atoms. The summed E-state index contributed by atoms with van der Waals surface area (Å²) in [6.07, 6.45) is 2.01. The molecule has 0 bridgehead atoms. The zero-order chi connectivity index (χ0) is 11.1. The molecule has 0 amide bonds. The van der Waals surface area contributed by atoms with Gasteiger partial charge in [0.05, 0.1) is 0 Å². The molecule has 0 aliphatic heterocycles. The third-order valence-electron chi connectivity index (χ3n) is 1.64. The van der Waals surface area contributed by atoms with E-state index in [1.807, 2.05) is 33.1 Å². The predicted molar refractivity (Wildman–Crippen MR) is 65.9 cm³/mol. The zero-order valence-electron chi connectivity index (χ0n) is 9.29. The molecule has 0 atom stereocenters. The van der Waals surface area contributed by atoms with E-state index >= 15 is 0 Å². The first-order chi connectivity index (χ1) is 6.65. The summed E-state index contributed by atoms with van der Waals surface area (Å²) in [4.78, 5) is 1.15. The van der Waals surface area contributed by atoms with Crippen molar-refractivity contribution in [3.63, 3.8) is 0 Å². The van der Waals surface area contributed by atoms with Crippen LogP contribution in [-0.2, 0) is 0 Å². The van der Waals surface area contributed by atoms with Gasteiger partial charge in [-0.15, -0.1) is 11.8 Å². The van der Waals surface area contributed by atoms with Crippen molar-refractivity contribution in [2.24, 2.45) is 0 Å². The van der Waals surface area contributed by atoms with Crippen LogP contribution in [-0.4, -0.2) is 11.4 Å². The lowest BCUT2D eigenvalue weighted by Crippen LogP contribution is -1.82. The summed E-state index contributed by atoms with van der Waals surface area (Å²) in [5.74, 6) is 0.297. The first-order valence-corrected chi connectivity index (χ1v) is 5.90. The maximum absolute atomic E-state index is 9.23. The molecule has 1 rings (SSSR count). The molecule has 1 aromatic rings. The smallest absolute Gasteiger partial charge is 0.116 e. The molecule has 0 aliphatic rings. The highest BCUT2D eigenvalue weighted by atomic mass is 32.2. The van der Waals surface area contributed by atoms with Gasteiger partial charge in [-0.25, -0.2) is 0 Å². The molecule has 0 aliphatic carbocycles. The summed E-state index contributed by atoms with van der Waals surface area (Å²) in [7, 11) is 0. The molecule has 2 heteroatoms. The summed E-state index contributed by atoms with van der Waals surface area (Å²) in [5.41, 5.74) is 2.01. The first kappa shape index (κ1) is 13.1.